The van der Waals surface area contributed by atoms with Crippen molar-refractivity contribution in [2.24, 2.45) is 11.8 Å². The molecule has 0 aliphatic carbocycles. The van der Waals surface area contributed by atoms with Crippen LogP contribution in [-0.2, 0) is 20.8 Å². The molecule has 2 aliphatic heterocycles. The first-order valence-electron chi connectivity index (χ1n) is 14.0. The second-order valence-corrected chi connectivity index (χ2v) is 10.7. The maximum Gasteiger partial charge on any atom is 0.272 e. The predicted molar refractivity (Wildman–Crippen MR) is 161 cm³/mol. The topological polar surface area (TPSA) is 88.9 Å². The summed E-state index contributed by atoms with van der Waals surface area (Å²) in [5.74, 6) is 1.09. The molecule has 0 unspecified atom stereocenters. The standard InChI is InChI=1S/C29H43N5O4.2ClH/c1-22(2)21-34(25-17-24(18-30-19-25)28(35)32-12-15-38-16-13-32)29(36)26-20-31-27(23-9-5-4-6-10-23)33(26)11-7-8-14-37-3;;/h4-6,9-10,20,22,24-25,30H,7-8,11-19,21H2,1-3H3;2*1H/t24-,25+;;/m1../s1. The zero-order chi connectivity index (χ0) is 26.9. The van der Waals surface area contributed by atoms with Gasteiger partial charge < -0.3 is 29.2 Å². The van der Waals surface area contributed by atoms with Gasteiger partial charge in [0.1, 0.15) is 11.5 Å². The van der Waals surface area contributed by atoms with Gasteiger partial charge in [0.2, 0.25) is 5.91 Å². The number of carbonyl (C=O) groups excluding carboxylic acids is 2. The van der Waals surface area contributed by atoms with Crippen LogP contribution in [0.4, 0.5) is 0 Å². The Labute approximate surface area is 250 Å². The van der Waals surface area contributed by atoms with Crippen molar-refractivity contribution in [2.75, 3.05) is 59.7 Å². The van der Waals surface area contributed by atoms with Crippen molar-refractivity contribution in [3.8, 4) is 11.4 Å². The quantitative estimate of drug-likeness (QED) is 0.397. The number of hydrogen-bond acceptors (Lipinski definition) is 6. The second kappa shape index (κ2) is 16.9. The maximum atomic E-state index is 14.2. The van der Waals surface area contributed by atoms with Gasteiger partial charge in [0, 0.05) is 64.6 Å². The van der Waals surface area contributed by atoms with Crippen LogP contribution < -0.4 is 5.32 Å². The average Bonchev–Trinajstić information content (AvgIpc) is 3.38. The minimum Gasteiger partial charge on any atom is -0.385 e. The smallest absolute Gasteiger partial charge is 0.272 e. The number of amides is 2. The Kier molecular flexibility index (Phi) is 14.4. The van der Waals surface area contributed by atoms with E-state index in [4.69, 9.17) is 14.5 Å². The first-order valence-corrected chi connectivity index (χ1v) is 14.0. The number of aromatic nitrogens is 2. The molecule has 2 amide bonds. The largest absolute Gasteiger partial charge is 0.385 e. The van der Waals surface area contributed by atoms with E-state index in [9.17, 15) is 9.59 Å². The minimum atomic E-state index is -0.145. The Bertz CT molecular complexity index is 1050. The van der Waals surface area contributed by atoms with Gasteiger partial charge in [-0.3, -0.25) is 9.59 Å². The Morgan fingerprint density at radius 1 is 1.12 bits per heavy atom. The fourth-order valence-corrected chi connectivity index (χ4v) is 5.43. The first kappa shape index (κ1) is 34.0. The summed E-state index contributed by atoms with van der Waals surface area (Å²) in [7, 11) is 1.71. The molecule has 3 heterocycles. The molecular weight excluding hydrogens is 553 g/mol. The highest BCUT2D eigenvalue weighted by Crippen LogP contribution is 2.25. The normalized spacial score (nSPS) is 19.1. The number of carbonyl (C=O) groups is 2. The molecule has 2 fully saturated rings. The third kappa shape index (κ3) is 8.66. The number of unbranched alkanes of at least 4 members (excludes halogenated alkanes) is 1. The molecule has 40 heavy (non-hydrogen) atoms. The molecule has 1 aromatic heterocycles. The van der Waals surface area contributed by atoms with Crippen molar-refractivity contribution < 1.29 is 19.1 Å². The number of benzene rings is 1. The molecule has 0 saturated carbocycles. The summed E-state index contributed by atoms with van der Waals surface area (Å²) < 4.78 is 12.7. The van der Waals surface area contributed by atoms with Gasteiger partial charge in [-0.2, -0.15) is 0 Å². The summed E-state index contributed by atoms with van der Waals surface area (Å²) >= 11 is 0. The molecule has 224 valence electrons. The third-order valence-corrected chi connectivity index (χ3v) is 7.35. The molecule has 4 rings (SSSR count). The molecule has 1 aromatic carbocycles. The minimum absolute atomic E-state index is 0. The van der Waals surface area contributed by atoms with Crippen molar-refractivity contribution in [3.05, 3.63) is 42.2 Å². The molecule has 2 aromatic rings. The Hall–Kier alpha value is -2.17. The average molecular weight is 599 g/mol. The van der Waals surface area contributed by atoms with Gasteiger partial charge >= 0.3 is 0 Å². The highest BCUT2D eigenvalue weighted by atomic mass is 35.5. The van der Waals surface area contributed by atoms with E-state index in [0.717, 1.165) is 24.2 Å². The van der Waals surface area contributed by atoms with Gasteiger partial charge in [-0.15, -0.1) is 24.8 Å². The number of piperidine rings is 1. The summed E-state index contributed by atoms with van der Waals surface area (Å²) in [6, 6.07) is 9.96. The molecule has 0 bridgehead atoms. The Balaban J connectivity index is 0.00000280. The maximum absolute atomic E-state index is 14.2. The summed E-state index contributed by atoms with van der Waals surface area (Å²) in [4.78, 5) is 36.1. The Morgan fingerprint density at radius 3 is 2.52 bits per heavy atom. The summed E-state index contributed by atoms with van der Waals surface area (Å²) in [5, 5.41) is 3.45. The van der Waals surface area contributed by atoms with E-state index in [1.165, 1.54) is 0 Å². The molecule has 2 aliphatic rings. The van der Waals surface area contributed by atoms with Crippen molar-refractivity contribution in [1.82, 2.24) is 24.7 Å². The highest BCUT2D eigenvalue weighted by Gasteiger charge is 2.36. The van der Waals surface area contributed by atoms with E-state index < -0.39 is 0 Å². The number of nitrogens with one attached hydrogen (secondary N) is 1. The molecule has 0 radical (unpaired) electrons. The molecular formula is C29H45Cl2N5O4. The number of methoxy groups -OCH3 is 1. The first-order chi connectivity index (χ1) is 18.5. The van der Waals surface area contributed by atoms with E-state index in [1.807, 2.05) is 40.1 Å². The predicted octanol–water partition coefficient (Wildman–Crippen LogP) is 3.76. The number of rotatable bonds is 11. The van der Waals surface area contributed by atoms with Crippen LogP contribution in [0.1, 0.15) is 43.6 Å². The number of ether oxygens (including phenoxy) is 2. The number of hydrogen-bond donors (Lipinski definition) is 1. The molecule has 11 heteroatoms. The number of imidazole rings is 1. The van der Waals surface area contributed by atoms with E-state index in [-0.39, 0.29) is 48.6 Å². The Morgan fingerprint density at radius 2 is 1.85 bits per heavy atom. The van der Waals surface area contributed by atoms with Crippen molar-refractivity contribution in [3.63, 3.8) is 0 Å². The zero-order valence-electron chi connectivity index (χ0n) is 23.9. The molecule has 1 N–H and O–H groups in total. The number of nitrogens with zero attached hydrogens (tertiary/aromatic N) is 4. The van der Waals surface area contributed by atoms with Crippen molar-refractivity contribution >= 4 is 36.6 Å². The van der Waals surface area contributed by atoms with Crippen LogP contribution in [0.25, 0.3) is 11.4 Å². The van der Waals surface area contributed by atoms with E-state index in [2.05, 4.69) is 23.7 Å². The second-order valence-electron chi connectivity index (χ2n) is 10.7. The van der Waals surface area contributed by atoms with Crippen molar-refractivity contribution in [1.29, 1.82) is 0 Å². The van der Waals surface area contributed by atoms with Gasteiger partial charge in [-0.05, 0) is 25.2 Å². The molecule has 2 saturated heterocycles. The van der Waals surface area contributed by atoms with Crippen LogP contribution in [-0.4, -0.2) is 96.9 Å². The SMILES string of the molecule is COCCCCn1c(C(=O)N(CC(C)C)[C@@H]2CNC[C@H](C(=O)N3CCOCC3)C2)cnc1-c1ccccc1.Cl.Cl. The lowest BCUT2D eigenvalue weighted by atomic mass is 9.92. The van der Waals surface area contributed by atoms with Crippen LogP contribution in [0.5, 0.6) is 0 Å². The van der Waals surface area contributed by atoms with Gasteiger partial charge in [-0.25, -0.2) is 4.98 Å². The van der Waals surface area contributed by atoms with Crippen LogP contribution in [0, 0.1) is 11.8 Å². The lowest BCUT2D eigenvalue weighted by Crippen LogP contribution is -2.56. The third-order valence-electron chi connectivity index (χ3n) is 7.35. The number of morpholine rings is 1. The van der Waals surface area contributed by atoms with E-state index >= 15 is 0 Å². The van der Waals surface area contributed by atoms with Gasteiger partial charge in [0.15, 0.2) is 0 Å². The lowest BCUT2D eigenvalue weighted by Gasteiger charge is -2.40. The van der Waals surface area contributed by atoms with E-state index in [0.29, 0.717) is 77.1 Å². The van der Waals surface area contributed by atoms with Gasteiger partial charge in [-0.1, -0.05) is 44.2 Å². The van der Waals surface area contributed by atoms with Crippen LogP contribution in [0.3, 0.4) is 0 Å². The molecule has 2 atom stereocenters. The zero-order valence-corrected chi connectivity index (χ0v) is 25.6. The van der Waals surface area contributed by atoms with Gasteiger partial charge in [0.25, 0.3) is 5.91 Å². The summed E-state index contributed by atoms with van der Waals surface area (Å²) in [6.45, 7) is 10.0. The van der Waals surface area contributed by atoms with Crippen LogP contribution >= 0.6 is 24.8 Å². The number of halogens is 2. The summed E-state index contributed by atoms with van der Waals surface area (Å²) in [5.41, 5.74) is 1.59. The highest BCUT2D eigenvalue weighted by molar-refractivity contribution is 5.93. The lowest BCUT2D eigenvalue weighted by molar-refractivity contribution is -0.140. The van der Waals surface area contributed by atoms with E-state index in [1.54, 1.807) is 13.3 Å². The summed E-state index contributed by atoms with van der Waals surface area (Å²) in [6.07, 6.45) is 4.18. The molecule has 0 spiro atoms. The van der Waals surface area contributed by atoms with Crippen molar-refractivity contribution in [2.45, 2.75) is 45.7 Å². The fraction of sp³-hybridized carbons (Fsp3) is 0.621. The molecule has 9 nitrogen and oxygen atoms in total. The van der Waals surface area contributed by atoms with Gasteiger partial charge in [0.05, 0.1) is 25.3 Å². The van der Waals surface area contributed by atoms with Crippen LogP contribution in [0.15, 0.2) is 36.5 Å². The monoisotopic (exact) mass is 597 g/mol. The van der Waals surface area contributed by atoms with Crippen LogP contribution in [0.2, 0.25) is 0 Å². The fourth-order valence-electron chi connectivity index (χ4n) is 5.43.